The van der Waals surface area contributed by atoms with E-state index >= 15 is 0 Å². The summed E-state index contributed by atoms with van der Waals surface area (Å²) < 4.78 is 34.3. The molecule has 0 spiro atoms. The molecule has 0 radical (unpaired) electrons. The molecule has 10 heteroatoms. The van der Waals surface area contributed by atoms with Gasteiger partial charge in [0.1, 0.15) is 19.8 Å². The van der Waals surface area contributed by atoms with E-state index in [-0.39, 0.29) is 26.1 Å². The van der Waals surface area contributed by atoms with Crippen LogP contribution >= 0.6 is 7.82 Å². The van der Waals surface area contributed by atoms with Crippen LogP contribution in [0.25, 0.3) is 0 Å². The largest absolute Gasteiger partial charge is 0.756 e. The van der Waals surface area contributed by atoms with E-state index in [1.807, 2.05) is 21.1 Å². The van der Waals surface area contributed by atoms with Crippen molar-refractivity contribution in [1.82, 2.24) is 0 Å². The topological polar surface area (TPSA) is 111 Å². The molecule has 0 N–H and O–H groups in total. The molecule has 0 aromatic heterocycles. The Morgan fingerprint density at radius 3 is 0.988 bits per heavy atom. The third-order valence-electron chi connectivity index (χ3n) is 14.0. The maximum absolute atomic E-state index is 12.9. The number of likely N-dealkylation sites (N-methyl/N-ethyl adjacent to an activating group) is 1. The molecule has 2 atom stereocenters. The highest BCUT2D eigenvalue weighted by atomic mass is 31.2. The van der Waals surface area contributed by atoms with Crippen molar-refractivity contribution in [2.24, 2.45) is 0 Å². The molecule has 2 unspecified atom stereocenters. The van der Waals surface area contributed by atoms with Gasteiger partial charge in [-0.15, -0.1) is 0 Å². The highest BCUT2D eigenvalue weighted by molar-refractivity contribution is 7.45. The van der Waals surface area contributed by atoms with Crippen LogP contribution in [0.2, 0.25) is 0 Å². The maximum atomic E-state index is 12.9. The van der Waals surface area contributed by atoms with Gasteiger partial charge in [0.25, 0.3) is 7.82 Å². The Kier molecular flexibility index (Phi) is 61.8. The molecular formula is C76H126NO8P. The van der Waals surface area contributed by atoms with Crippen molar-refractivity contribution in [1.29, 1.82) is 0 Å². The van der Waals surface area contributed by atoms with Crippen LogP contribution in [0.1, 0.15) is 258 Å². The second-order valence-corrected chi connectivity index (χ2v) is 24.9. The van der Waals surface area contributed by atoms with Crippen LogP contribution in [0.5, 0.6) is 0 Å². The zero-order valence-corrected chi connectivity index (χ0v) is 56.3. The van der Waals surface area contributed by atoms with Gasteiger partial charge in [-0.3, -0.25) is 14.2 Å². The van der Waals surface area contributed by atoms with Crippen molar-refractivity contribution in [3.63, 3.8) is 0 Å². The molecule has 0 aliphatic heterocycles. The number of quaternary nitrogens is 1. The Morgan fingerprint density at radius 2 is 0.663 bits per heavy atom. The lowest BCUT2D eigenvalue weighted by Crippen LogP contribution is -2.37. The first-order valence-electron chi connectivity index (χ1n) is 34.2. The van der Waals surface area contributed by atoms with Crippen molar-refractivity contribution in [2.75, 3.05) is 47.5 Å². The van der Waals surface area contributed by atoms with Crippen molar-refractivity contribution >= 4 is 19.8 Å². The number of carbonyl (C=O) groups excluding carboxylic acids is 2. The van der Waals surface area contributed by atoms with Crippen molar-refractivity contribution in [2.45, 2.75) is 264 Å². The van der Waals surface area contributed by atoms with Gasteiger partial charge in [-0.05, 0) is 128 Å². The van der Waals surface area contributed by atoms with E-state index in [9.17, 15) is 19.0 Å². The summed E-state index contributed by atoms with van der Waals surface area (Å²) in [7, 11) is 1.13. The minimum Gasteiger partial charge on any atom is -0.756 e. The van der Waals surface area contributed by atoms with Gasteiger partial charge in [0, 0.05) is 12.8 Å². The SMILES string of the molecule is CC/C=C\C/C=C\C/C=C\C/C=C\C/C=C\C/C=C\C/C=C\C/C=C\C/C=C\C/C=C\CCCCCCCCC(=O)OC(COC(=O)CCCCCCCCCCCC/C=C\C/C=C\C/C=C\CCCCCCC)COP(=O)([O-])OCC[N+](C)(C)C. The van der Waals surface area contributed by atoms with E-state index in [1.54, 1.807) is 0 Å². The standard InChI is InChI=1S/C76H126NO8P/c1-6-8-10-12-14-16-18-20-22-24-26-28-30-32-33-34-35-36-37-38-39-40-41-42-43-45-47-49-51-53-55-57-59-61-63-65-67-69-76(79)85-74(73-84-86(80,81)83-71-70-77(3,4)5)72-82-75(78)68-66-64-62-60-58-56-54-52-50-48-46-44-31-29-27-25-23-21-19-17-15-13-11-9-7-2/h8,10,14,16,19-22,25-28,31-33,35-36,38-39,41-42,44-45,47,51,53,74H,6-7,9,11-13,15,17-18,23-24,29-30,34,37,40,43,46,48-50,52,54-73H2,1-5H3/b10-8-,16-14-,21-19-,22-20-,27-25-,28-26-,33-32-,36-35-,39-38-,42-41-,44-31-,47-45-,53-51-. The fourth-order valence-electron chi connectivity index (χ4n) is 8.81. The first-order chi connectivity index (χ1) is 42.0. The molecule has 0 heterocycles. The molecular weight excluding hydrogens is 1090 g/mol. The zero-order valence-electron chi connectivity index (χ0n) is 55.4. The van der Waals surface area contributed by atoms with Gasteiger partial charge in [0.05, 0.1) is 27.7 Å². The second-order valence-electron chi connectivity index (χ2n) is 23.5. The zero-order chi connectivity index (χ0) is 62.6. The maximum Gasteiger partial charge on any atom is 0.306 e. The van der Waals surface area contributed by atoms with Gasteiger partial charge in [-0.1, -0.05) is 275 Å². The summed E-state index contributed by atoms with van der Waals surface area (Å²) in [5.74, 6) is -0.863. The highest BCUT2D eigenvalue weighted by Gasteiger charge is 2.22. The van der Waals surface area contributed by atoms with E-state index in [0.29, 0.717) is 17.4 Å². The van der Waals surface area contributed by atoms with Crippen LogP contribution < -0.4 is 4.89 Å². The Balaban J connectivity index is 4.18. The van der Waals surface area contributed by atoms with Gasteiger partial charge in [0.15, 0.2) is 6.10 Å². The monoisotopic (exact) mass is 1210 g/mol. The molecule has 9 nitrogen and oxygen atoms in total. The summed E-state index contributed by atoms with van der Waals surface area (Å²) >= 11 is 0. The lowest BCUT2D eigenvalue weighted by Gasteiger charge is -2.28. The summed E-state index contributed by atoms with van der Waals surface area (Å²) in [6.45, 7) is 4.08. The molecule has 0 aliphatic carbocycles. The first kappa shape index (κ1) is 81.6. The highest BCUT2D eigenvalue weighted by Crippen LogP contribution is 2.38. The number of phosphoric acid groups is 1. The molecule has 0 fully saturated rings. The van der Waals surface area contributed by atoms with Gasteiger partial charge in [-0.25, -0.2) is 0 Å². The smallest absolute Gasteiger partial charge is 0.306 e. The number of carbonyl (C=O) groups is 2. The Morgan fingerprint density at radius 1 is 0.372 bits per heavy atom. The van der Waals surface area contributed by atoms with E-state index in [2.05, 4.69) is 172 Å². The summed E-state index contributed by atoms with van der Waals surface area (Å²) in [4.78, 5) is 38.0. The molecule has 0 saturated heterocycles. The molecule has 0 saturated carbocycles. The predicted octanol–water partition coefficient (Wildman–Crippen LogP) is 21.7. The molecule has 0 aromatic rings. The van der Waals surface area contributed by atoms with Crippen LogP contribution in [-0.2, 0) is 32.7 Å². The van der Waals surface area contributed by atoms with E-state index < -0.39 is 32.5 Å². The molecule has 488 valence electrons. The number of unbranched alkanes of at least 4 members (excludes halogenated alkanes) is 21. The fourth-order valence-corrected chi connectivity index (χ4v) is 9.54. The lowest BCUT2D eigenvalue weighted by molar-refractivity contribution is -0.870. The van der Waals surface area contributed by atoms with Gasteiger partial charge >= 0.3 is 11.9 Å². The Bertz CT molecular complexity index is 2010. The molecule has 0 rings (SSSR count). The predicted molar refractivity (Wildman–Crippen MR) is 369 cm³/mol. The third-order valence-corrected chi connectivity index (χ3v) is 15.0. The van der Waals surface area contributed by atoms with Gasteiger partial charge in [-0.2, -0.15) is 0 Å². The third kappa shape index (κ3) is 68.7. The van der Waals surface area contributed by atoms with E-state index in [4.69, 9.17) is 18.5 Å². The van der Waals surface area contributed by atoms with Gasteiger partial charge < -0.3 is 27.9 Å². The number of esters is 2. The minimum atomic E-state index is -4.66. The summed E-state index contributed by atoms with van der Waals surface area (Å²) in [5.41, 5.74) is 0. The number of hydrogen-bond acceptors (Lipinski definition) is 8. The lowest BCUT2D eigenvalue weighted by atomic mass is 10.1. The minimum absolute atomic E-state index is 0.0430. The number of hydrogen-bond donors (Lipinski definition) is 0. The van der Waals surface area contributed by atoms with Crippen molar-refractivity contribution in [3.05, 3.63) is 158 Å². The quantitative estimate of drug-likeness (QED) is 0.0195. The molecule has 0 bridgehead atoms. The number of nitrogens with zero attached hydrogens (tertiary/aromatic N) is 1. The van der Waals surface area contributed by atoms with E-state index in [1.165, 1.54) is 77.0 Å². The average molecular weight is 1210 g/mol. The normalized spacial score (nSPS) is 14.2. The van der Waals surface area contributed by atoms with Crippen LogP contribution in [0.4, 0.5) is 0 Å². The molecule has 0 amide bonds. The van der Waals surface area contributed by atoms with E-state index in [0.717, 1.165) is 148 Å². The molecule has 0 aliphatic rings. The summed E-state index contributed by atoms with van der Waals surface area (Å²) in [5, 5.41) is 0. The summed E-state index contributed by atoms with van der Waals surface area (Å²) in [6, 6.07) is 0. The number of ether oxygens (including phenoxy) is 2. The van der Waals surface area contributed by atoms with Gasteiger partial charge in [0.2, 0.25) is 0 Å². The van der Waals surface area contributed by atoms with Crippen LogP contribution in [-0.4, -0.2) is 70.0 Å². The van der Waals surface area contributed by atoms with Crippen LogP contribution in [0.3, 0.4) is 0 Å². The van der Waals surface area contributed by atoms with Crippen molar-refractivity contribution < 1.29 is 42.1 Å². The number of phosphoric ester groups is 1. The Labute approximate surface area is 528 Å². The summed E-state index contributed by atoms with van der Waals surface area (Å²) in [6.07, 6.45) is 97.3. The number of rotatable bonds is 61. The number of allylic oxidation sites excluding steroid dienone is 26. The average Bonchev–Trinajstić information content (AvgIpc) is 3.67. The van der Waals surface area contributed by atoms with Crippen LogP contribution in [0.15, 0.2) is 158 Å². The molecule has 0 aromatic carbocycles. The Hall–Kier alpha value is -4.37. The second kappa shape index (κ2) is 65.1. The van der Waals surface area contributed by atoms with Crippen LogP contribution in [0, 0.1) is 0 Å². The first-order valence-corrected chi connectivity index (χ1v) is 35.7. The fraction of sp³-hybridized carbons (Fsp3) is 0.632. The van der Waals surface area contributed by atoms with Crippen molar-refractivity contribution in [3.8, 4) is 0 Å². The molecule has 86 heavy (non-hydrogen) atoms.